The highest BCUT2D eigenvalue weighted by Crippen LogP contribution is 2.33. The van der Waals surface area contributed by atoms with Crippen molar-refractivity contribution in [1.82, 2.24) is 0 Å². The number of hydrogen-bond acceptors (Lipinski definition) is 2. The van der Waals surface area contributed by atoms with E-state index < -0.39 is 0 Å². The number of thioether (sulfide) groups is 1. The van der Waals surface area contributed by atoms with Crippen LogP contribution in [0.1, 0.15) is 44.9 Å². The van der Waals surface area contributed by atoms with Gasteiger partial charge in [0.25, 0.3) is 0 Å². The number of Topliss-reactive ketones (excluding diaryl/α,β-unsaturated/α-hetero) is 1. The molecule has 1 saturated carbocycles. The molecule has 1 heterocycles. The molecule has 1 unspecified atom stereocenters. The van der Waals surface area contributed by atoms with Crippen LogP contribution in [0.2, 0.25) is 0 Å². The summed E-state index contributed by atoms with van der Waals surface area (Å²) in [7, 11) is 0. The van der Waals surface area contributed by atoms with Gasteiger partial charge in [-0.25, -0.2) is 0 Å². The predicted octanol–water partition coefficient (Wildman–Crippen LogP) is 3.03. The zero-order chi connectivity index (χ0) is 9.10. The maximum Gasteiger partial charge on any atom is 0.148 e. The second-order valence-electron chi connectivity index (χ2n) is 4.24. The lowest BCUT2D eigenvalue weighted by Crippen LogP contribution is -2.26. The molecule has 0 aromatic rings. The fourth-order valence-corrected chi connectivity index (χ4v) is 3.78. The van der Waals surface area contributed by atoms with Gasteiger partial charge in [0.05, 0.1) is 5.25 Å². The molecule has 0 N–H and O–H groups in total. The van der Waals surface area contributed by atoms with Crippen LogP contribution in [0.5, 0.6) is 0 Å². The molecule has 1 aliphatic heterocycles. The lowest BCUT2D eigenvalue weighted by atomic mass is 9.97. The molecule has 0 aromatic heterocycles. The molecule has 2 fully saturated rings. The van der Waals surface area contributed by atoms with Gasteiger partial charge < -0.3 is 0 Å². The Bertz CT molecular complexity index is 179. The van der Waals surface area contributed by atoms with E-state index in [2.05, 4.69) is 0 Å². The summed E-state index contributed by atoms with van der Waals surface area (Å²) in [4.78, 5) is 12.0. The van der Waals surface area contributed by atoms with Gasteiger partial charge in [-0.15, -0.1) is 0 Å². The largest absolute Gasteiger partial charge is 0.298 e. The fourth-order valence-electron chi connectivity index (χ4n) is 2.44. The smallest absolute Gasteiger partial charge is 0.148 e. The van der Waals surface area contributed by atoms with Crippen LogP contribution < -0.4 is 0 Å². The van der Waals surface area contributed by atoms with Crippen molar-refractivity contribution in [2.75, 3.05) is 5.75 Å². The summed E-state index contributed by atoms with van der Waals surface area (Å²) in [6.45, 7) is 0. The highest BCUT2D eigenvalue weighted by atomic mass is 32.2. The van der Waals surface area contributed by atoms with Gasteiger partial charge in [0.1, 0.15) is 5.78 Å². The second kappa shape index (κ2) is 4.50. The third kappa shape index (κ3) is 2.28. The zero-order valence-electron chi connectivity index (χ0n) is 8.13. The number of rotatable bonds is 2. The molecule has 0 aromatic carbocycles. The van der Waals surface area contributed by atoms with E-state index in [1.807, 2.05) is 11.8 Å². The molecule has 13 heavy (non-hydrogen) atoms. The average Bonchev–Trinajstić information content (AvgIpc) is 2.71. The van der Waals surface area contributed by atoms with Gasteiger partial charge >= 0.3 is 0 Å². The van der Waals surface area contributed by atoms with Crippen LogP contribution >= 0.6 is 11.8 Å². The van der Waals surface area contributed by atoms with Crippen molar-refractivity contribution in [3.8, 4) is 0 Å². The molecule has 0 spiro atoms. The number of carbonyl (C=O) groups is 1. The lowest BCUT2D eigenvalue weighted by molar-refractivity contribution is -0.122. The summed E-state index contributed by atoms with van der Waals surface area (Å²) in [5.74, 6) is 2.24. The van der Waals surface area contributed by atoms with Gasteiger partial charge in [-0.3, -0.25) is 4.79 Å². The summed E-state index contributed by atoms with van der Waals surface area (Å²) < 4.78 is 0. The monoisotopic (exact) mass is 198 g/mol. The Balaban J connectivity index is 1.87. The number of carbonyl (C=O) groups excluding carboxylic acids is 1. The van der Waals surface area contributed by atoms with Crippen LogP contribution in [0.15, 0.2) is 0 Å². The molecule has 0 amide bonds. The SMILES string of the molecule is O=C(C1CCCC1)C1CCCCS1. The van der Waals surface area contributed by atoms with Crippen molar-refractivity contribution < 1.29 is 4.79 Å². The highest BCUT2D eigenvalue weighted by Gasteiger charge is 2.30. The normalized spacial score (nSPS) is 30.6. The molecule has 0 bridgehead atoms. The quantitative estimate of drug-likeness (QED) is 0.678. The highest BCUT2D eigenvalue weighted by molar-refractivity contribution is 8.00. The molecule has 2 aliphatic rings. The minimum absolute atomic E-state index is 0.372. The first-order chi connectivity index (χ1) is 6.38. The van der Waals surface area contributed by atoms with E-state index in [-0.39, 0.29) is 0 Å². The summed E-state index contributed by atoms with van der Waals surface area (Å²) in [6, 6.07) is 0. The summed E-state index contributed by atoms with van der Waals surface area (Å²) in [5, 5.41) is 0.372. The molecular weight excluding hydrogens is 180 g/mol. The van der Waals surface area contributed by atoms with E-state index in [4.69, 9.17) is 0 Å². The van der Waals surface area contributed by atoms with Gasteiger partial charge in [0, 0.05) is 5.92 Å². The van der Waals surface area contributed by atoms with Gasteiger partial charge in [-0.1, -0.05) is 19.3 Å². The van der Waals surface area contributed by atoms with Gasteiger partial charge in [-0.2, -0.15) is 11.8 Å². The Labute approximate surface area is 84.7 Å². The number of hydrogen-bond donors (Lipinski definition) is 0. The van der Waals surface area contributed by atoms with Crippen molar-refractivity contribution in [2.24, 2.45) is 5.92 Å². The second-order valence-corrected chi connectivity index (χ2v) is 5.55. The standard InChI is InChI=1S/C11H18OS/c12-11(9-5-1-2-6-9)10-7-3-4-8-13-10/h9-10H,1-8H2. The molecule has 74 valence electrons. The van der Waals surface area contributed by atoms with E-state index in [0.29, 0.717) is 17.0 Å². The first-order valence-electron chi connectivity index (χ1n) is 5.53. The van der Waals surface area contributed by atoms with Crippen molar-refractivity contribution in [3.63, 3.8) is 0 Å². The Kier molecular flexibility index (Phi) is 3.31. The third-order valence-electron chi connectivity index (χ3n) is 3.25. The minimum atomic E-state index is 0.372. The molecule has 1 atom stereocenters. The third-order valence-corrected chi connectivity index (χ3v) is 4.65. The molecule has 1 saturated heterocycles. The Morgan fingerprint density at radius 1 is 1.00 bits per heavy atom. The molecule has 2 heteroatoms. The van der Waals surface area contributed by atoms with E-state index in [0.717, 1.165) is 6.42 Å². The first kappa shape index (κ1) is 9.57. The average molecular weight is 198 g/mol. The first-order valence-corrected chi connectivity index (χ1v) is 6.58. The topological polar surface area (TPSA) is 17.1 Å². The molecule has 2 rings (SSSR count). The number of ketones is 1. The summed E-state index contributed by atoms with van der Waals surface area (Å²) >= 11 is 1.91. The molecule has 1 nitrogen and oxygen atoms in total. The van der Waals surface area contributed by atoms with Crippen LogP contribution in [-0.2, 0) is 4.79 Å². The summed E-state index contributed by atoms with van der Waals surface area (Å²) in [5.41, 5.74) is 0. The minimum Gasteiger partial charge on any atom is -0.298 e. The van der Waals surface area contributed by atoms with Crippen LogP contribution in [0.4, 0.5) is 0 Å². The van der Waals surface area contributed by atoms with Crippen LogP contribution in [0.25, 0.3) is 0 Å². The Hall–Kier alpha value is 0.0200. The van der Waals surface area contributed by atoms with E-state index in [1.165, 1.54) is 44.3 Å². The van der Waals surface area contributed by atoms with Crippen LogP contribution in [0.3, 0.4) is 0 Å². The summed E-state index contributed by atoms with van der Waals surface area (Å²) in [6.07, 6.45) is 8.67. The molecule has 0 radical (unpaired) electrons. The van der Waals surface area contributed by atoms with E-state index in [1.54, 1.807) is 0 Å². The molecular formula is C11H18OS. The van der Waals surface area contributed by atoms with Gasteiger partial charge in [-0.05, 0) is 31.4 Å². The van der Waals surface area contributed by atoms with Crippen molar-refractivity contribution in [2.45, 2.75) is 50.2 Å². The maximum atomic E-state index is 12.0. The van der Waals surface area contributed by atoms with Crippen molar-refractivity contribution in [1.29, 1.82) is 0 Å². The van der Waals surface area contributed by atoms with E-state index >= 15 is 0 Å². The van der Waals surface area contributed by atoms with Gasteiger partial charge in [0.2, 0.25) is 0 Å². The van der Waals surface area contributed by atoms with Crippen LogP contribution in [-0.4, -0.2) is 16.8 Å². The van der Waals surface area contributed by atoms with Crippen LogP contribution in [0, 0.1) is 5.92 Å². The molecule has 1 aliphatic carbocycles. The maximum absolute atomic E-state index is 12.0. The predicted molar refractivity (Wildman–Crippen MR) is 57.1 cm³/mol. The zero-order valence-corrected chi connectivity index (χ0v) is 8.94. The van der Waals surface area contributed by atoms with Gasteiger partial charge in [0.15, 0.2) is 0 Å². The Morgan fingerprint density at radius 3 is 2.31 bits per heavy atom. The Morgan fingerprint density at radius 2 is 1.69 bits per heavy atom. The van der Waals surface area contributed by atoms with Crippen molar-refractivity contribution in [3.05, 3.63) is 0 Å². The lowest BCUT2D eigenvalue weighted by Gasteiger charge is -2.22. The fraction of sp³-hybridized carbons (Fsp3) is 0.909. The van der Waals surface area contributed by atoms with E-state index in [9.17, 15) is 4.79 Å². The van der Waals surface area contributed by atoms with Crippen molar-refractivity contribution >= 4 is 17.5 Å².